The van der Waals surface area contributed by atoms with Crippen LogP contribution >= 0.6 is 24.0 Å². The lowest BCUT2D eigenvalue weighted by Gasteiger charge is -2.13. The molecule has 0 atom stereocenters. The molecular formula is C16H27IN8. The van der Waals surface area contributed by atoms with Gasteiger partial charge in [0.1, 0.15) is 11.6 Å². The first-order chi connectivity index (χ1) is 11.5. The highest BCUT2D eigenvalue weighted by Crippen LogP contribution is 2.08. The lowest BCUT2D eigenvalue weighted by Crippen LogP contribution is -2.37. The van der Waals surface area contributed by atoms with E-state index in [1.807, 2.05) is 62.7 Å². The minimum atomic E-state index is 0. The van der Waals surface area contributed by atoms with E-state index in [4.69, 9.17) is 0 Å². The Morgan fingerprint density at radius 3 is 2.60 bits per heavy atom. The van der Waals surface area contributed by atoms with E-state index in [0.717, 1.165) is 35.7 Å². The summed E-state index contributed by atoms with van der Waals surface area (Å²) in [5, 5.41) is 14.7. The zero-order valence-corrected chi connectivity index (χ0v) is 17.8. The van der Waals surface area contributed by atoms with Crippen molar-refractivity contribution in [2.75, 3.05) is 25.5 Å². The highest BCUT2D eigenvalue weighted by Gasteiger charge is 2.06. The zero-order chi connectivity index (χ0) is 17.5. The molecule has 2 N–H and O–H groups in total. The van der Waals surface area contributed by atoms with Crippen LogP contribution in [0.5, 0.6) is 0 Å². The van der Waals surface area contributed by atoms with E-state index < -0.39 is 0 Å². The van der Waals surface area contributed by atoms with Crippen LogP contribution in [0.3, 0.4) is 0 Å². The number of rotatable bonds is 6. The van der Waals surface area contributed by atoms with Gasteiger partial charge in [0.2, 0.25) is 0 Å². The first-order valence-corrected chi connectivity index (χ1v) is 8.01. The van der Waals surface area contributed by atoms with Crippen molar-refractivity contribution in [1.82, 2.24) is 30.4 Å². The van der Waals surface area contributed by atoms with Crippen LogP contribution < -0.4 is 15.5 Å². The van der Waals surface area contributed by atoms with Crippen molar-refractivity contribution >= 4 is 35.8 Å². The quantitative estimate of drug-likeness (QED) is 0.388. The Balaban J connectivity index is 0.00000312. The second-order valence-electron chi connectivity index (χ2n) is 5.65. The summed E-state index contributed by atoms with van der Waals surface area (Å²) in [4.78, 5) is 11.1. The largest absolute Gasteiger partial charge is 0.363 e. The predicted octanol–water partition coefficient (Wildman–Crippen LogP) is 1.46. The fraction of sp³-hybridized carbons (Fsp3) is 0.500. The summed E-state index contributed by atoms with van der Waals surface area (Å²) in [6.07, 6.45) is 0. The zero-order valence-electron chi connectivity index (χ0n) is 15.4. The lowest BCUT2D eigenvalue weighted by molar-refractivity contribution is 0.718. The minimum Gasteiger partial charge on any atom is -0.363 e. The van der Waals surface area contributed by atoms with E-state index >= 15 is 0 Å². The van der Waals surface area contributed by atoms with Crippen LogP contribution in [0.2, 0.25) is 0 Å². The Morgan fingerprint density at radius 2 is 2.00 bits per heavy atom. The van der Waals surface area contributed by atoms with Gasteiger partial charge in [-0.1, -0.05) is 6.07 Å². The number of anilines is 1. The molecule has 0 aliphatic carbocycles. The second-order valence-corrected chi connectivity index (χ2v) is 5.65. The van der Waals surface area contributed by atoms with Gasteiger partial charge < -0.3 is 20.1 Å². The molecule has 2 aromatic rings. The van der Waals surface area contributed by atoms with Gasteiger partial charge in [-0.05, 0) is 26.0 Å². The topological polar surface area (TPSA) is 83.3 Å². The number of nitrogens with zero attached hydrogens (tertiary/aromatic N) is 6. The molecule has 9 heteroatoms. The molecule has 0 unspecified atom stereocenters. The number of hydrogen-bond acceptors (Lipinski definition) is 5. The molecule has 8 nitrogen and oxygen atoms in total. The van der Waals surface area contributed by atoms with Gasteiger partial charge in [-0.2, -0.15) is 0 Å². The first kappa shape index (κ1) is 21.1. The highest BCUT2D eigenvalue weighted by molar-refractivity contribution is 14.0. The van der Waals surface area contributed by atoms with Crippen molar-refractivity contribution in [3.05, 3.63) is 35.5 Å². The van der Waals surface area contributed by atoms with Crippen LogP contribution in [0.15, 0.2) is 23.2 Å². The van der Waals surface area contributed by atoms with Crippen molar-refractivity contribution in [2.45, 2.75) is 26.9 Å². The predicted molar refractivity (Wildman–Crippen MR) is 111 cm³/mol. The maximum atomic E-state index is 4.59. The summed E-state index contributed by atoms with van der Waals surface area (Å²) in [5.41, 5.74) is 0.924. The van der Waals surface area contributed by atoms with E-state index in [1.54, 1.807) is 0 Å². The van der Waals surface area contributed by atoms with Gasteiger partial charge in [0.25, 0.3) is 0 Å². The molecule has 0 aromatic carbocycles. The fourth-order valence-corrected chi connectivity index (χ4v) is 2.07. The Morgan fingerprint density at radius 1 is 1.24 bits per heavy atom. The molecule has 138 valence electrons. The normalized spacial score (nSPS) is 11.0. The molecule has 0 spiro atoms. The maximum Gasteiger partial charge on any atom is 0.192 e. The van der Waals surface area contributed by atoms with Gasteiger partial charge >= 0.3 is 0 Å². The van der Waals surface area contributed by atoms with Crippen molar-refractivity contribution in [3.63, 3.8) is 0 Å². The summed E-state index contributed by atoms with van der Waals surface area (Å²) in [6.45, 7) is 5.83. The summed E-state index contributed by atoms with van der Waals surface area (Å²) < 4.78 is 1.96. The van der Waals surface area contributed by atoms with E-state index in [0.29, 0.717) is 13.1 Å². The SMILES string of the molecule is CCNC(=NCc1cccc(N(C)C)n1)NCc1nnc(C)n1C.I. The lowest BCUT2D eigenvalue weighted by atomic mass is 10.3. The Bertz CT molecular complexity index is 695. The third-order valence-corrected chi connectivity index (χ3v) is 3.59. The molecular weight excluding hydrogens is 431 g/mol. The third kappa shape index (κ3) is 6.15. The number of guanidine groups is 1. The van der Waals surface area contributed by atoms with E-state index in [1.165, 1.54) is 0 Å². The molecule has 0 radical (unpaired) electrons. The standard InChI is InChI=1S/C16H26N8.HI/c1-6-17-16(19-11-15-22-21-12(2)24(15)5)18-10-13-8-7-9-14(20-13)23(3)4;/h7-9H,6,10-11H2,1-5H3,(H2,17,18,19);1H. The monoisotopic (exact) mass is 458 g/mol. The average Bonchev–Trinajstić information content (AvgIpc) is 2.89. The number of aromatic nitrogens is 4. The van der Waals surface area contributed by atoms with Crippen molar-refractivity contribution < 1.29 is 0 Å². The number of nitrogens with one attached hydrogen (secondary N) is 2. The number of aliphatic imine (C=N–C) groups is 1. The van der Waals surface area contributed by atoms with E-state index in [9.17, 15) is 0 Å². The molecule has 0 aliphatic heterocycles. The smallest absolute Gasteiger partial charge is 0.192 e. The molecule has 0 aliphatic rings. The number of pyridine rings is 1. The molecule has 0 saturated carbocycles. The Hall–Kier alpha value is -1.91. The van der Waals surface area contributed by atoms with Crippen molar-refractivity contribution in [3.8, 4) is 0 Å². The maximum absolute atomic E-state index is 4.59. The average molecular weight is 458 g/mol. The van der Waals surface area contributed by atoms with E-state index in [2.05, 4.69) is 30.8 Å². The molecule has 0 bridgehead atoms. The molecule has 2 heterocycles. The van der Waals surface area contributed by atoms with Crippen molar-refractivity contribution in [2.24, 2.45) is 12.0 Å². The van der Waals surface area contributed by atoms with Crippen LogP contribution in [-0.4, -0.2) is 46.3 Å². The van der Waals surface area contributed by atoms with Gasteiger partial charge in [0.15, 0.2) is 11.8 Å². The summed E-state index contributed by atoms with van der Waals surface area (Å²) in [6, 6.07) is 5.95. The minimum absolute atomic E-state index is 0. The van der Waals surface area contributed by atoms with Crippen LogP contribution in [0, 0.1) is 6.92 Å². The Kier molecular flexibility index (Phi) is 8.59. The Labute approximate surface area is 166 Å². The number of aryl methyl sites for hydroxylation is 1. The first-order valence-electron chi connectivity index (χ1n) is 8.01. The molecule has 0 amide bonds. The van der Waals surface area contributed by atoms with Gasteiger partial charge in [0, 0.05) is 27.7 Å². The molecule has 25 heavy (non-hydrogen) atoms. The van der Waals surface area contributed by atoms with Crippen LogP contribution in [-0.2, 0) is 20.1 Å². The van der Waals surface area contributed by atoms with Gasteiger partial charge in [-0.25, -0.2) is 9.98 Å². The van der Waals surface area contributed by atoms with Crippen molar-refractivity contribution in [1.29, 1.82) is 0 Å². The van der Waals surface area contributed by atoms with Gasteiger partial charge in [-0.3, -0.25) is 0 Å². The number of halogens is 1. The summed E-state index contributed by atoms with van der Waals surface area (Å²) >= 11 is 0. The number of hydrogen-bond donors (Lipinski definition) is 2. The van der Waals surface area contributed by atoms with Crippen LogP contribution in [0.1, 0.15) is 24.3 Å². The molecule has 2 rings (SSSR count). The highest BCUT2D eigenvalue weighted by atomic mass is 127. The third-order valence-electron chi connectivity index (χ3n) is 3.59. The molecule has 2 aromatic heterocycles. The van der Waals surface area contributed by atoms with Crippen LogP contribution in [0.25, 0.3) is 0 Å². The fourth-order valence-electron chi connectivity index (χ4n) is 2.07. The van der Waals surface area contributed by atoms with Crippen LogP contribution in [0.4, 0.5) is 5.82 Å². The van der Waals surface area contributed by atoms with Gasteiger partial charge in [0.05, 0.1) is 18.8 Å². The molecule has 0 saturated heterocycles. The van der Waals surface area contributed by atoms with Gasteiger partial charge in [-0.15, -0.1) is 34.2 Å². The summed E-state index contributed by atoms with van der Waals surface area (Å²) in [7, 11) is 5.90. The summed E-state index contributed by atoms with van der Waals surface area (Å²) in [5.74, 6) is 3.41. The molecule has 0 fully saturated rings. The second kappa shape index (κ2) is 10.2. The van der Waals surface area contributed by atoms with E-state index in [-0.39, 0.29) is 24.0 Å².